The van der Waals surface area contributed by atoms with Crippen LogP contribution in [0.2, 0.25) is 0 Å². The quantitative estimate of drug-likeness (QED) is 0.863. The Morgan fingerprint density at radius 2 is 2.06 bits per heavy atom. The zero-order valence-electron chi connectivity index (χ0n) is 11.2. The van der Waals surface area contributed by atoms with Crippen LogP contribution in [-0.2, 0) is 0 Å². The average molecular weight is 249 g/mol. The van der Waals surface area contributed by atoms with Crippen LogP contribution in [0.15, 0.2) is 27.4 Å². The van der Waals surface area contributed by atoms with Gasteiger partial charge in [-0.25, -0.2) is 4.79 Å². The van der Waals surface area contributed by atoms with Gasteiger partial charge in [0.05, 0.1) is 11.6 Å². The zero-order valence-corrected chi connectivity index (χ0v) is 11.2. The number of rotatable bonds is 3. The number of hydrogen-bond acceptors (Lipinski definition) is 4. The van der Waals surface area contributed by atoms with Crippen LogP contribution in [0.1, 0.15) is 25.5 Å². The number of aromatic nitrogens is 1. The van der Waals surface area contributed by atoms with Crippen LogP contribution in [0.4, 0.5) is 0 Å². The van der Waals surface area contributed by atoms with Gasteiger partial charge in [-0.15, -0.1) is 0 Å². The number of likely N-dealkylation sites (N-methyl/N-ethyl adjacent to an activating group) is 1. The molecule has 5 heteroatoms. The Morgan fingerprint density at radius 3 is 2.61 bits per heavy atom. The number of hydrogen-bond donors (Lipinski definition) is 2. The Kier molecular flexibility index (Phi) is 3.04. The van der Waals surface area contributed by atoms with Crippen LogP contribution in [0.3, 0.4) is 0 Å². The highest BCUT2D eigenvalue weighted by Gasteiger charge is 2.29. The molecule has 5 nitrogen and oxygen atoms in total. The van der Waals surface area contributed by atoms with Crippen molar-refractivity contribution in [3.63, 3.8) is 0 Å². The number of fused-ring (bicyclic) bond motifs is 1. The second-order valence-electron chi connectivity index (χ2n) is 5.46. The van der Waals surface area contributed by atoms with Gasteiger partial charge in [-0.05, 0) is 45.6 Å². The van der Waals surface area contributed by atoms with Gasteiger partial charge in [-0.2, -0.15) is 0 Å². The Hall–Kier alpha value is -1.59. The number of nitrogens with one attached hydrogen (secondary N) is 1. The van der Waals surface area contributed by atoms with E-state index in [0.29, 0.717) is 11.1 Å². The minimum Gasteiger partial charge on any atom is -0.408 e. The first-order chi connectivity index (χ1) is 8.29. The zero-order chi connectivity index (χ0) is 13.5. The summed E-state index contributed by atoms with van der Waals surface area (Å²) in [5.41, 5.74) is 8.16. The maximum absolute atomic E-state index is 11.1. The lowest BCUT2D eigenvalue weighted by atomic mass is 9.88. The number of nitrogens with zero attached hydrogens (tertiary/aromatic N) is 1. The third-order valence-corrected chi connectivity index (χ3v) is 2.98. The fourth-order valence-corrected chi connectivity index (χ4v) is 2.53. The first kappa shape index (κ1) is 12.9. The molecule has 1 aromatic carbocycles. The molecule has 0 fully saturated rings. The molecule has 0 saturated carbocycles. The third kappa shape index (κ3) is 2.32. The van der Waals surface area contributed by atoms with Gasteiger partial charge < -0.3 is 15.1 Å². The molecule has 1 aromatic heterocycles. The molecule has 1 heterocycles. The first-order valence-corrected chi connectivity index (χ1v) is 5.87. The van der Waals surface area contributed by atoms with Crippen LogP contribution in [0, 0.1) is 0 Å². The van der Waals surface area contributed by atoms with Gasteiger partial charge in [0.1, 0.15) is 0 Å². The molecule has 0 bridgehead atoms. The first-order valence-electron chi connectivity index (χ1n) is 5.87. The highest BCUT2D eigenvalue weighted by atomic mass is 16.4. The molecular formula is C13H19N3O2. The molecule has 0 aliphatic heterocycles. The number of aromatic amines is 1. The predicted octanol–water partition coefficient (Wildman–Crippen LogP) is 1.46. The minimum absolute atomic E-state index is 0.0558. The standard InChI is InChI=1S/C13H19N3O2/c1-13(2,14)11(16(3)4)8-5-6-10-9(7-8)15-12(17)18-10/h5-7,11H,14H2,1-4H3,(H,15,17). The van der Waals surface area contributed by atoms with E-state index in [0.717, 1.165) is 5.56 Å². The SMILES string of the molecule is CN(C)C(c1ccc2oc(=O)[nH]c2c1)C(C)(C)N. The Bertz CT molecular complexity index is 604. The topological polar surface area (TPSA) is 75.3 Å². The molecule has 98 valence electrons. The minimum atomic E-state index is -0.435. The van der Waals surface area contributed by atoms with E-state index in [1.54, 1.807) is 6.07 Å². The normalized spacial score (nSPS) is 14.3. The summed E-state index contributed by atoms with van der Waals surface area (Å²) in [5, 5.41) is 0. The van der Waals surface area contributed by atoms with Crippen molar-refractivity contribution in [1.82, 2.24) is 9.88 Å². The van der Waals surface area contributed by atoms with E-state index in [1.165, 1.54) is 0 Å². The van der Waals surface area contributed by atoms with E-state index in [1.807, 2.05) is 40.1 Å². The molecule has 0 saturated heterocycles. The lowest BCUT2D eigenvalue weighted by Gasteiger charge is -2.36. The fourth-order valence-electron chi connectivity index (χ4n) is 2.53. The van der Waals surface area contributed by atoms with Gasteiger partial charge in [-0.1, -0.05) is 6.07 Å². The monoisotopic (exact) mass is 249 g/mol. The van der Waals surface area contributed by atoms with Crippen molar-refractivity contribution in [2.75, 3.05) is 14.1 Å². The van der Waals surface area contributed by atoms with Gasteiger partial charge in [-0.3, -0.25) is 4.98 Å². The maximum atomic E-state index is 11.1. The summed E-state index contributed by atoms with van der Waals surface area (Å²) >= 11 is 0. The summed E-state index contributed by atoms with van der Waals surface area (Å²) in [7, 11) is 3.98. The van der Waals surface area contributed by atoms with Gasteiger partial charge in [0.25, 0.3) is 0 Å². The van der Waals surface area contributed by atoms with E-state index in [4.69, 9.17) is 10.2 Å². The van der Waals surface area contributed by atoms with Gasteiger partial charge in [0.2, 0.25) is 0 Å². The third-order valence-electron chi connectivity index (χ3n) is 2.98. The number of benzene rings is 1. The lowest BCUT2D eigenvalue weighted by molar-refractivity contribution is 0.205. The van der Waals surface area contributed by atoms with Crippen LogP contribution in [0.5, 0.6) is 0 Å². The molecule has 1 unspecified atom stereocenters. The fraction of sp³-hybridized carbons (Fsp3) is 0.462. The van der Waals surface area contributed by atoms with E-state index in [-0.39, 0.29) is 11.6 Å². The summed E-state index contributed by atoms with van der Waals surface area (Å²) in [6.07, 6.45) is 0. The van der Waals surface area contributed by atoms with Gasteiger partial charge in [0.15, 0.2) is 5.58 Å². The number of H-pyrrole nitrogens is 1. The molecule has 0 spiro atoms. The molecule has 0 aliphatic rings. The van der Waals surface area contributed by atoms with Crippen molar-refractivity contribution in [3.8, 4) is 0 Å². The average Bonchev–Trinajstić information content (AvgIpc) is 2.54. The second-order valence-corrected chi connectivity index (χ2v) is 5.46. The molecule has 0 radical (unpaired) electrons. The summed E-state index contributed by atoms with van der Waals surface area (Å²) < 4.78 is 4.99. The van der Waals surface area contributed by atoms with E-state index in [2.05, 4.69) is 9.88 Å². The highest BCUT2D eigenvalue weighted by molar-refractivity contribution is 5.73. The van der Waals surface area contributed by atoms with E-state index < -0.39 is 5.76 Å². The molecular weight excluding hydrogens is 230 g/mol. The van der Waals surface area contributed by atoms with E-state index in [9.17, 15) is 4.79 Å². The van der Waals surface area contributed by atoms with Crippen molar-refractivity contribution in [2.24, 2.45) is 5.73 Å². The summed E-state index contributed by atoms with van der Waals surface area (Å²) in [4.78, 5) is 15.9. The molecule has 18 heavy (non-hydrogen) atoms. The van der Waals surface area contributed by atoms with Crippen molar-refractivity contribution in [1.29, 1.82) is 0 Å². The molecule has 2 rings (SSSR count). The van der Waals surface area contributed by atoms with Gasteiger partial charge >= 0.3 is 5.76 Å². The van der Waals surface area contributed by atoms with Crippen LogP contribution in [0.25, 0.3) is 11.1 Å². The molecule has 3 N–H and O–H groups in total. The van der Waals surface area contributed by atoms with Crippen molar-refractivity contribution in [2.45, 2.75) is 25.4 Å². The summed E-state index contributed by atoms with van der Waals surface area (Å²) in [5.74, 6) is -0.435. The van der Waals surface area contributed by atoms with Crippen molar-refractivity contribution in [3.05, 3.63) is 34.3 Å². The smallest absolute Gasteiger partial charge is 0.408 e. The van der Waals surface area contributed by atoms with Crippen molar-refractivity contribution >= 4 is 11.1 Å². The largest absolute Gasteiger partial charge is 0.417 e. The number of nitrogens with two attached hydrogens (primary N) is 1. The Balaban J connectivity index is 2.54. The summed E-state index contributed by atoms with van der Waals surface area (Å²) in [6.45, 7) is 3.97. The van der Waals surface area contributed by atoms with Gasteiger partial charge in [0, 0.05) is 5.54 Å². The second kappa shape index (κ2) is 4.26. The molecule has 2 aromatic rings. The molecule has 0 aliphatic carbocycles. The van der Waals surface area contributed by atoms with Crippen LogP contribution in [-0.4, -0.2) is 29.5 Å². The lowest BCUT2D eigenvalue weighted by Crippen LogP contribution is -2.45. The van der Waals surface area contributed by atoms with Crippen LogP contribution >= 0.6 is 0 Å². The maximum Gasteiger partial charge on any atom is 0.417 e. The van der Waals surface area contributed by atoms with Crippen molar-refractivity contribution < 1.29 is 4.42 Å². The number of oxazole rings is 1. The predicted molar refractivity (Wildman–Crippen MR) is 71.5 cm³/mol. The van der Waals surface area contributed by atoms with E-state index >= 15 is 0 Å². The summed E-state index contributed by atoms with van der Waals surface area (Å²) in [6, 6.07) is 5.71. The Morgan fingerprint density at radius 1 is 1.39 bits per heavy atom. The molecule has 1 atom stereocenters. The molecule has 0 amide bonds. The Labute approximate surface area is 106 Å². The highest BCUT2D eigenvalue weighted by Crippen LogP contribution is 2.29. The van der Waals surface area contributed by atoms with Crippen LogP contribution < -0.4 is 11.5 Å².